The number of hydrogen-bond acceptors (Lipinski definition) is 5. The van der Waals surface area contributed by atoms with E-state index in [-0.39, 0.29) is 0 Å². The molecule has 0 radical (unpaired) electrons. The first-order valence-electron chi connectivity index (χ1n) is 21.9. The summed E-state index contributed by atoms with van der Waals surface area (Å²) in [4.78, 5) is 15.5. The molecular formula is C60H37N3O2. The summed E-state index contributed by atoms with van der Waals surface area (Å²) >= 11 is 0. The standard InChI is InChI=1S/C60H37N3O2/c1-4-17-39(18-5-1)57-61-58(42-30-32-47-40(36-42)29-28-38-16-10-11-23-45(38)47)63-59(62-57)48-25-13-12-24-46(48)41-31-34-52-54(37-41)65-56-53(64-52)35-33-51-55(56)49-26-14-15-27-50(49)60(51,43-19-6-2-7-20-43)44-21-8-3-9-22-44/h1-37H. The predicted molar refractivity (Wildman–Crippen MR) is 260 cm³/mol. The highest BCUT2D eigenvalue weighted by Gasteiger charge is 2.48. The van der Waals surface area contributed by atoms with E-state index in [1.54, 1.807) is 0 Å². The molecule has 0 fully saturated rings. The van der Waals surface area contributed by atoms with Crippen LogP contribution in [0.2, 0.25) is 0 Å². The van der Waals surface area contributed by atoms with Gasteiger partial charge in [0, 0.05) is 22.3 Å². The largest absolute Gasteiger partial charge is 0.449 e. The van der Waals surface area contributed by atoms with E-state index in [1.165, 1.54) is 32.8 Å². The number of fused-ring (bicyclic) bond motifs is 9. The van der Waals surface area contributed by atoms with Gasteiger partial charge in [0.15, 0.2) is 40.5 Å². The third-order valence-corrected chi connectivity index (χ3v) is 13.1. The van der Waals surface area contributed by atoms with Gasteiger partial charge in [0.1, 0.15) is 0 Å². The van der Waals surface area contributed by atoms with Crippen LogP contribution in [0.25, 0.3) is 78.0 Å². The van der Waals surface area contributed by atoms with Crippen molar-refractivity contribution in [1.82, 2.24) is 15.0 Å². The van der Waals surface area contributed by atoms with Gasteiger partial charge in [-0.15, -0.1) is 0 Å². The lowest BCUT2D eigenvalue weighted by Gasteiger charge is -2.34. The minimum atomic E-state index is -0.558. The minimum Gasteiger partial charge on any atom is -0.449 e. The molecule has 65 heavy (non-hydrogen) atoms. The van der Waals surface area contributed by atoms with Gasteiger partial charge in [-0.2, -0.15) is 0 Å². The first-order chi connectivity index (χ1) is 32.2. The fourth-order valence-electron chi connectivity index (χ4n) is 10.2. The van der Waals surface area contributed by atoms with Gasteiger partial charge in [-0.3, -0.25) is 0 Å². The average Bonchev–Trinajstić information content (AvgIpc) is 3.70. The Bertz CT molecular complexity index is 3620. The first-order valence-corrected chi connectivity index (χ1v) is 21.9. The van der Waals surface area contributed by atoms with E-state index >= 15 is 0 Å². The second kappa shape index (κ2) is 14.7. The van der Waals surface area contributed by atoms with Gasteiger partial charge in [-0.1, -0.05) is 200 Å². The minimum absolute atomic E-state index is 0.558. The highest BCUT2D eigenvalue weighted by atomic mass is 16.6. The summed E-state index contributed by atoms with van der Waals surface area (Å²) in [5.74, 6) is 4.47. The van der Waals surface area contributed by atoms with E-state index in [9.17, 15) is 0 Å². The summed E-state index contributed by atoms with van der Waals surface area (Å²) < 4.78 is 13.8. The second-order valence-corrected chi connectivity index (χ2v) is 16.6. The maximum Gasteiger partial charge on any atom is 0.178 e. The van der Waals surface area contributed by atoms with E-state index in [1.807, 2.05) is 42.5 Å². The molecule has 0 spiro atoms. The monoisotopic (exact) mass is 831 g/mol. The SMILES string of the molecule is c1ccc(-c2nc(-c3ccc4c(ccc5ccccc54)c3)nc(-c3ccccc3-c3ccc4c(c3)Oc3c(ccc5c3-c3ccccc3C5(c3ccccc3)c3ccccc3)O4)n2)cc1. The lowest BCUT2D eigenvalue weighted by atomic mass is 9.68. The summed E-state index contributed by atoms with van der Waals surface area (Å²) in [7, 11) is 0. The molecule has 304 valence electrons. The highest BCUT2D eigenvalue weighted by molar-refractivity contribution is 6.08. The van der Waals surface area contributed by atoms with Crippen LogP contribution in [0.5, 0.6) is 23.0 Å². The molecule has 0 saturated carbocycles. The van der Waals surface area contributed by atoms with Gasteiger partial charge in [0.25, 0.3) is 0 Å². The van der Waals surface area contributed by atoms with Crippen LogP contribution >= 0.6 is 0 Å². The Hall–Kier alpha value is -8.67. The van der Waals surface area contributed by atoms with Crippen molar-refractivity contribution in [2.45, 2.75) is 5.41 Å². The first kappa shape index (κ1) is 36.9. The Morgan fingerprint density at radius 2 is 0.908 bits per heavy atom. The summed E-state index contributed by atoms with van der Waals surface area (Å²) in [5, 5.41) is 4.75. The van der Waals surface area contributed by atoms with Crippen LogP contribution < -0.4 is 9.47 Å². The number of ether oxygens (including phenoxy) is 2. The van der Waals surface area contributed by atoms with Crippen molar-refractivity contribution in [2.24, 2.45) is 0 Å². The third kappa shape index (κ3) is 5.83. The van der Waals surface area contributed by atoms with Gasteiger partial charge >= 0.3 is 0 Å². The molecule has 0 atom stereocenters. The molecule has 0 unspecified atom stereocenters. The van der Waals surface area contributed by atoms with Crippen molar-refractivity contribution in [3.8, 4) is 79.4 Å². The van der Waals surface area contributed by atoms with Crippen molar-refractivity contribution in [3.63, 3.8) is 0 Å². The predicted octanol–water partition coefficient (Wildman–Crippen LogP) is 15.1. The second-order valence-electron chi connectivity index (χ2n) is 16.6. The van der Waals surface area contributed by atoms with Crippen molar-refractivity contribution in [1.29, 1.82) is 0 Å². The summed E-state index contributed by atoms with van der Waals surface area (Å²) in [5.41, 5.74) is 11.0. The summed E-state index contributed by atoms with van der Waals surface area (Å²) in [6, 6.07) is 78.4. The van der Waals surface area contributed by atoms with Crippen molar-refractivity contribution in [2.75, 3.05) is 0 Å². The van der Waals surface area contributed by atoms with Crippen molar-refractivity contribution >= 4 is 21.5 Å². The lowest BCUT2D eigenvalue weighted by molar-refractivity contribution is 0.360. The molecule has 0 saturated heterocycles. The van der Waals surface area contributed by atoms with E-state index in [4.69, 9.17) is 24.4 Å². The zero-order valence-electron chi connectivity index (χ0n) is 35.0. The van der Waals surface area contributed by atoms with Gasteiger partial charge in [-0.25, -0.2) is 15.0 Å². The molecule has 11 aromatic rings. The van der Waals surface area contributed by atoms with Crippen molar-refractivity contribution < 1.29 is 9.47 Å². The van der Waals surface area contributed by atoms with E-state index in [0.717, 1.165) is 49.9 Å². The zero-order chi connectivity index (χ0) is 42.9. The highest BCUT2D eigenvalue weighted by Crippen LogP contribution is 2.62. The summed E-state index contributed by atoms with van der Waals surface area (Å²) in [6.45, 7) is 0. The number of hydrogen-bond donors (Lipinski definition) is 0. The average molecular weight is 832 g/mol. The molecule has 5 nitrogen and oxygen atoms in total. The lowest BCUT2D eigenvalue weighted by Crippen LogP contribution is -2.28. The molecule has 0 N–H and O–H groups in total. The Morgan fingerprint density at radius 3 is 1.69 bits per heavy atom. The number of nitrogens with zero attached hydrogens (tertiary/aromatic N) is 3. The van der Waals surface area contributed by atoms with Crippen molar-refractivity contribution in [3.05, 3.63) is 247 Å². The Morgan fingerprint density at radius 1 is 0.323 bits per heavy atom. The Balaban J connectivity index is 0.936. The smallest absolute Gasteiger partial charge is 0.178 e. The zero-order valence-corrected chi connectivity index (χ0v) is 35.0. The maximum absolute atomic E-state index is 7.10. The fourth-order valence-corrected chi connectivity index (χ4v) is 10.2. The van der Waals surface area contributed by atoms with E-state index in [0.29, 0.717) is 40.5 Å². The molecule has 0 amide bonds. The number of rotatable bonds is 6. The molecule has 1 aliphatic carbocycles. The van der Waals surface area contributed by atoms with Gasteiger partial charge < -0.3 is 9.47 Å². The molecule has 1 aliphatic heterocycles. The third-order valence-electron chi connectivity index (χ3n) is 13.1. The molecule has 13 rings (SSSR count). The molecule has 0 bridgehead atoms. The molecule has 2 heterocycles. The van der Waals surface area contributed by atoms with Gasteiger partial charge in [-0.05, 0) is 84.8 Å². The van der Waals surface area contributed by atoms with Gasteiger partial charge in [0.2, 0.25) is 0 Å². The van der Waals surface area contributed by atoms with Crippen LogP contribution in [0.3, 0.4) is 0 Å². The number of aromatic nitrogens is 3. The van der Waals surface area contributed by atoms with Gasteiger partial charge in [0.05, 0.1) is 5.41 Å². The van der Waals surface area contributed by atoms with Crippen LogP contribution in [0, 0.1) is 0 Å². The van der Waals surface area contributed by atoms with Crippen LogP contribution in [-0.2, 0) is 5.41 Å². The number of benzene rings is 10. The van der Waals surface area contributed by atoms with Crippen LogP contribution in [-0.4, -0.2) is 15.0 Å². The Labute approximate surface area is 375 Å². The quantitative estimate of drug-likeness (QED) is 0.156. The molecule has 5 heteroatoms. The normalized spacial score (nSPS) is 13.0. The van der Waals surface area contributed by atoms with Crippen LogP contribution in [0.15, 0.2) is 224 Å². The molecule has 10 aromatic carbocycles. The Kier molecular flexibility index (Phi) is 8.36. The fraction of sp³-hybridized carbons (Fsp3) is 0.0167. The molecule has 2 aliphatic rings. The molecular weight excluding hydrogens is 795 g/mol. The van der Waals surface area contributed by atoms with Crippen LogP contribution in [0.4, 0.5) is 0 Å². The molecule has 1 aromatic heterocycles. The van der Waals surface area contributed by atoms with E-state index in [2.05, 4.69) is 182 Å². The van der Waals surface area contributed by atoms with Crippen LogP contribution in [0.1, 0.15) is 22.3 Å². The van der Waals surface area contributed by atoms with E-state index < -0.39 is 5.41 Å². The maximum atomic E-state index is 7.10. The topological polar surface area (TPSA) is 57.1 Å². The summed E-state index contributed by atoms with van der Waals surface area (Å²) in [6.07, 6.45) is 0.